The molecule has 0 aliphatic rings. The molecule has 44 heavy (non-hydrogen) atoms. The number of rotatable bonds is 12. The van der Waals surface area contributed by atoms with E-state index in [1.807, 2.05) is 13.8 Å². The lowest BCUT2D eigenvalue weighted by Crippen LogP contribution is -2.22. The van der Waals surface area contributed by atoms with Crippen molar-refractivity contribution in [2.75, 3.05) is 5.32 Å². The summed E-state index contributed by atoms with van der Waals surface area (Å²) in [6.07, 6.45) is -3.10. The zero-order valence-electron chi connectivity index (χ0n) is 24.2. The van der Waals surface area contributed by atoms with E-state index in [-0.39, 0.29) is 53.6 Å². The van der Waals surface area contributed by atoms with E-state index >= 15 is 0 Å². The van der Waals surface area contributed by atoms with E-state index in [9.17, 15) is 38.8 Å². The molecule has 0 aliphatic heterocycles. The number of anilines is 1. The Kier molecular flexibility index (Phi) is 10.0. The molecule has 0 fully saturated rings. The fraction of sp³-hybridized carbons (Fsp3) is 0.273. The van der Waals surface area contributed by atoms with E-state index in [1.165, 1.54) is 18.2 Å². The lowest BCUT2D eigenvalue weighted by Gasteiger charge is -2.20. The Bertz CT molecular complexity index is 1650. The van der Waals surface area contributed by atoms with Gasteiger partial charge in [-0.3, -0.25) is 9.59 Å². The number of nitrogens with zero attached hydrogens (tertiary/aromatic N) is 1. The molecule has 11 heteroatoms. The molecule has 2 atom stereocenters. The van der Waals surface area contributed by atoms with Gasteiger partial charge in [0.05, 0.1) is 35.6 Å². The maximum atomic E-state index is 14.7. The van der Waals surface area contributed by atoms with Crippen molar-refractivity contribution in [3.8, 4) is 33.9 Å². The summed E-state index contributed by atoms with van der Waals surface area (Å²) >= 11 is 0. The van der Waals surface area contributed by atoms with Crippen LogP contribution in [-0.2, 0) is 11.3 Å². The predicted octanol–water partition coefficient (Wildman–Crippen LogP) is 5.86. The zero-order valence-corrected chi connectivity index (χ0v) is 24.2. The van der Waals surface area contributed by atoms with Gasteiger partial charge in [0, 0.05) is 29.4 Å². The van der Waals surface area contributed by atoms with Gasteiger partial charge in [0.15, 0.2) is 11.6 Å². The Morgan fingerprint density at radius 3 is 2.20 bits per heavy atom. The number of hydrogen-bond donors (Lipinski definition) is 6. The van der Waals surface area contributed by atoms with E-state index in [0.717, 1.165) is 18.2 Å². The quantitative estimate of drug-likeness (QED) is 0.0870. The van der Waals surface area contributed by atoms with Gasteiger partial charge in [-0.1, -0.05) is 44.2 Å². The van der Waals surface area contributed by atoms with E-state index in [1.54, 1.807) is 34.9 Å². The average Bonchev–Trinajstić information content (AvgIpc) is 3.30. The van der Waals surface area contributed by atoms with Gasteiger partial charge in [-0.05, 0) is 54.7 Å². The lowest BCUT2D eigenvalue weighted by atomic mass is 9.94. The number of carboxylic acid groups (broad SMARTS) is 1. The third-order valence-electron chi connectivity index (χ3n) is 7.20. The number of amides is 1. The molecule has 0 saturated heterocycles. The molecule has 9 nitrogen and oxygen atoms in total. The Morgan fingerprint density at radius 1 is 0.886 bits per heavy atom. The van der Waals surface area contributed by atoms with E-state index in [2.05, 4.69) is 5.32 Å². The first-order valence-corrected chi connectivity index (χ1v) is 14.1. The fourth-order valence-electron chi connectivity index (χ4n) is 5.33. The molecule has 232 valence electrons. The van der Waals surface area contributed by atoms with Crippen molar-refractivity contribution in [2.24, 2.45) is 0 Å². The number of aliphatic hydroxyl groups is 2. The Balaban J connectivity index is 1.94. The number of phenolic OH excluding ortho intramolecular Hbond substituents is 2. The smallest absolute Gasteiger partial charge is 0.305 e. The van der Waals surface area contributed by atoms with Crippen LogP contribution >= 0.6 is 0 Å². The van der Waals surface area contributed by atoms with Crippen LogP contribution in [-0.4, -0.2) is 54.2 Å². The summed E-state index contributed by atoms with van der Waals surface area (Å²) in [6, 6.07) is 16.0. The first-order valence-electron chi connectivity index (χ1n) is 14.1. The summed E-state index contributed by atoms with van der Waals surface area (Å²) in [5, 5.41) is 52.5. The molecule has 4 rings (SSSR count). The van der Waals surface area contributed by atoms with Crippen LogP contribution in [0.25, 0.3) is 22.4 Å². The normalized spacial score (nSPS) is 12.7. The summed E-state index contributed by atoms with van der Waals surface area (Å²) < 4.78 is 30.5. The highest BCUT2D eigenvalue weighted by Crippen LogP contribution is 2.43. The molecule has 0 bridgehead atoms. The van der Waals surface area contributed by atoms with Crippen molar-refractivity contribution in [3.63, 3.8) is 0 Å². The van der Waals surface area contributed by atoms with Crippen molar-refractivity contribution in [3.05, 3.63) is 89.6 Å². The van der Waals surface area contributed by atoms with E-state index < -0.39 is 42.1 Å². The largest absolute Gasteiger partial charge is 0.508 e. The maximum absolute atomic E-state index is 14.7. The number of carbonyl (C=O) groups excluding carboxylic acids is 1. The maximum Gasteiger partial charge on any atom is 0.305 e. The molecular formula is C33H34F2N2O7. The summed E-state index contributed by atoms with van der Waals surface area (Å²) in [4.78, 5) is 25.1. The van der Waals surface area contributed by atoms with Gasteiger partial charge >= 0.3 is 5.97 Å². The number of nitrogens with one attached hydrogen (secondary N) is 1. The molecule has 1 heterocycles. The van der Waals surface area contributed by atoms with Crippen molar-refractivity contribution >= 4 is 17.6 Å². The van der Waals surface area contributed by atoms with Crippen LogP contribution in [0.4, 0.5) is 14.5 Å². The Labute approximate surface area is 252 Å². The number of aliphatic carboxylic acids is 1. The fourth-order valence-corrected chi connectivity index (χ4v) is 5.33. The summed E-state index contributed by atoms with van der Waals surface area (Å²) in [5.41, 5.74) is 2.35. The van der Waals surface area contributed by atoms with Gasteiger partial charge in [0.25, 0.3) is 5.91 Å². The molecule has 3 aromatic carbocycles. The minimum absolute atomic E-state index is 0.0338. The van der Waals surface area contributed by atoms with Crippen LogP contribution < -0.4 is 5.32 Å². The standard InChI is InChI=1S/C33H34F2N2O7/c1-18(2)31-30(33(44)36-26-11-9-21(38)16-27(26)41)29(19-6-4-3-5-7-19)32(20-8-10-24(34)25(35)14-20)37(31)13-12-22(39)15-23(40)17-28(42)43/h3-11,14,16,18,22-23,38-41H,12-13,15,17H2,1-2H3,(H,36,44)(H,42,43)/t22-,23?/m1/s1. The zero-order chi connectivity index (χ0) is 32.1. The minimum atomic E-state index is -1.28. The molecule has 0 spiro atoms. The Morgan fingerprint density at radius 2 is 1.59 bits per heavy atom. The molecule has 0 aliphatic carbocycles. The van der Waals surface area contributed by atoms with Crippen molar-refractivity contribution < 1.29 is 43.9 Å². The van der Waals surface area contributed by atoms with Gasteiger partial charge in [0.1, 0.15) is 11.5 Å². The topological polar surface area (TPSA) is 152 Å². The number of benzene rings is 3. The average molecular weight is 609 g/mol. The highest BCUT2D eigenvalue weighted by molar-refractivity contribution is 6.13. The third kappa shape index (κ3) is 7.24. The van der Waals surface area contributed by atoms with Gasteiger partial charge in [-0.25, -0.2) is 8.78 Å². The molecular weight excluding hydrogens is 574 g/mol. The van der Waals surface area contributed by atoms with Crippen molar-refractivity contribution in [2.45, 2.75) is 57.8 Å². The predicted molar refractivity (Wildman–Crippen MR) is 161 cm³/mol. The van der Waals surface area contributed by atoms with Crippen LogP contribution in [0, 0.1) is 11.6 Å². The SMILES string of the molecule is CC(C)c1c(C(=O)Nc2ccc(O)cc2O)c(-c2ccccc2)c(-c2ccc(F)c(F)c2)n1CC[C@@H](O)CC(O)CC(=O)O. The number of halogens is 2. The second-order valence-electron chi connectivity index (χ2n) is 10.9. The minimum Gasteiger partial charge on any atom is -0.508 e. The molecule has 0 radical (unpaired) electrons. The summed E-state index contributed by atoms with van der Waals surface area (Å²) in [6.45, 7) is 3.76. The van der Waals surface area contributed by atoms with Gasteiger partial charge in [0.2, 0.25) is 0 Å². The van der Waals surface area contributed by atoms with E-state index in [4.69, 9.17) is 5.11 Å². The number of aromatic nitrogens is 1. The lowest BCUT2D eigenvalue weighted by molar-refractivity contribution is -0.139. The van der Waals surface area contributed by atoms with E-state index in [0.29, 0.717) is 22.5 Å². The molecule has 1 unspecified atom stereocenters. The number of carbonyl (C=O) groups is 2. The van der Waals surface area contributed by atoms with Gasteiger partial charge < -0.3 is 35.4 Å². The molecule has 4 aromatic rings. The number of aromatic hydroxyl groups is 2. The number of aliphatic hydroxyl groups excluding tert-OH is 2. The van der Waals surface area contributed by atoms with Crippen LogP contribution in [0.1, 0.15) is 55.1 Å². The molecule has 6 N–H and O–H groups in total. The highest BCUT2D eigenvalue weighted by Gasteiger charge is 2.31. The first-order chi connectivity index (χ1) is 20.9. The number of phenols is 2. The number of carboxylic acids is 1. The third-order valence-corrected chi connectivity index (χ3v) is 7.20. The van der Waals surface area contributed by atoms with Gasteiger partial charge in [-0.2, -0.15) is 0 Å². The van der Waals surface area contributed by atoms with Crippen molar-refractivity contribution in [1.29, 1.82) is 0 Å². The van der Waals surface area contributed by atoms with Crippen LogP contribution in [0.3, 0.4) is 0 Å². The Hall–Kier alpha value is -4.74. The molecule has 0 saturated carbocycles. The monoisotopic (exact) mass is 608 g/mol. The van der Waals surface area contributed by atoms with Crippen LogP contribution in [0.2, 0.25) is 0 Å². The first kappa shape index (κ1) is 32.2. The van der Waals surface area contributed by atoms with Crippen LogP contribution in [0.15, 0.2) is 66.7 Å². The highest BCUT2D eigenvalue weighted by atomic mass is 19.2. The second-order valence-corrected chi connectivity index (χ2v) is 10.9. The molecule has 1 aromatic heterocycles. The summed E-state index contributed by atoms with van der Waals surface area (Å²) in [5.74, 6) is -4.87. The second kappa shape index (κ2) is 13.7. The molecule has 1 amide bonds. The summed E-state index contributed by atoms with van der Waals surface area (Å²) in [7, 11) is 0. The van der Waals surface area contributed by atoms with Gasteiger partial charge in [-0.15, -0.1) is 0 Å². The van der Waals surface area contributed by atoms with Crippen LogP contribution in [0.5, 0.6) is 11.5 Å². The number of hydrogen-bond acceptors (Lipinski definition) is 6. The van der Waals surface area contributed by atoms with Crippen molar-refractivity contribution in [1.82, 2.24) is 4.57 Å².